The third-order valence-electron chi connectivity index (χ3n) is 6.08. The fourth-order valence-electron chi connectivity index (χ4n) is 4.30. The summed E-state index contributed by atoms with van der Waals surface area (Å²) in [6, 6.07) is 15.2. The first-order chi connectivity index (χ1) is 15.0. The summed E-state index contributed by atoms with van der Waals surface area (Å²) in [4.78, 5) is 18.5. The molecule has 3 aromatic rings. The lowest BCUT2D eigenvalue weighted by Gasteiger charge is -2.38. The highest BCUT2D eigenvalue weighted by Crippen LogP contribution is 2.35. The summed E-state index contributed by atoms with van der Waals surface area (Å²) < 4.78 is 11.8. The molecule has 162 valence electrons. The summed E-state index contributed by atoms with van der Waals surface area (Å²) in [5.41, 5.74) is 3.72. The highest BCUT2D eigenvalue weighted by molar-refractivity contribution is 5.77. The number of aliphatic carboxylic acids is 1. The van der Waals surface area contributed by atoms with Crippen molar-refractivity contribution in [3.63, 3.8) is 0 Å². The number of aryl methyl sites for hydroxylation is 1. The Kier molecular flexibility index (Phi) is 6.09. The number of hydrogen-bond acceptors (Lipinski definition) is 5. The number of aromatic nitrogens is 1. The van der Waals surface area contributed by atoms with Gasteiger partial charge in [-0.15, -0.1) is 0 Å². The molecule has 6 heteroatoms. The molecule has 31 heavy (non-hydrogen) atoms. The Balaban J connectivity index is 1.46. The van der Waals surface area contributed by atoms with Crippen LogP contribution in [0.15, 0.2) is 52.9 Å². The van der Waals surface area contributed by atoms with Gasteiger partial charge < -0.3 is 14.3 Å². The number of oxazole rings is 1. The largest absolute Gasteiger partial charge is 0.493 e. The van der Waals surface area contributed by atoms with Crippen molar-refractivity contribution in [3.05, 3.63) is 71.1 Å². The summed E-state index contributed by atoms with van der Waals surface area (Å²) in [6.07, 6.45) is 2.38. The zero-order valence-electron chi connectivity index (χ0n) is 18.2. The van der Waals surface area contributed by atoms with Crippen LogP contribution < -0.4 is 4.74 Å². The second kappa shape index (κ2) is 8.94. The molecule has 1 N–H and O–H groups in total. The van der Waals surface area contributed by atoms with Crippen molar-refractivity contribution in [3.8, 4) is 17.2 Å². The Labute approximate surface area is 182 Å². The first kappa shape index (κ1) is 21.1. The number of nitrogens with zero attached hydrogens (tertiary/aromatic N) is 2. The quantitative estimate of drug-likeness (QED) is 0.599. The van der Waals surface area contributed by atoms with E-state index < -0.39 is 12.0 Å². The number of benzene rings is 2. The SMILES string of the molecule is CC[C@H]1Cc2ccc(OCCc3nc(-c4ccccc4)oc3C)cc2C(C(=O)O)N1C. The second-order valence-electron chi connectivity index (χ2n) is 8.02. The van der Waals surface area contributed by atoms with Gasteiger partial charge in [-0.25, -0.2) is 4.98 Å². The number of carboxylic acids is 1. The van der Waals surface area contributed by atoms with Crippen LogP contribution in [0.4, 0.5) is 0 Å². The monoisotopic (exact) mass is 420 g/mol. The fourth-order valence-corrected chi connectivity index (χ4v) is 4.30. The summed E-state index contributed by atoms with van der Waals surface area (Å²) in [5, 5.41) is 9.81. The molecule has 0 spiro atoms. The minimum absolute atomic E-state index is 0.231. The van der Waals surface area contributed by atoms with E-state index >= 15 is 0 Å². The van der Waals surface area contributed by atoms with Crippen molar-refractivity contribution < 1.29 is 19.1 Å². The lowest BCUT2D eigenvalue weighted by molar-refractivity contribution is -0.144. The molecular formula is C25H28N2O4. The molecule has 0 radical (unpaired) electrons. The molecule has 4 rings (SSSR count). The Morgan fingerprint density at radius 1 is 1.26 bits per heavy atom. The van der Waals surface area contributed by atoms with Crippen molar-refractivity contribution in [2.75, 3.05) is 13.7 Å². The third kappa shape index (κ3) is 4.35. The van der Waals surface area contributed by atoms with Crippen LogP contribution in [0, 0.1) is 6.92 Å². The van der Waals surface area contributed by atoms with Crippen LogP contribution in [0.1, 0.15) is 42.0 Å². The van der Waals surface area contributed by atoms with E-state index in [2.05, 4.69) is 11.9 Å². The van der Waals surface area contributed by atoms with Gasteiger partial charge in [0.05, 0.1) is 12.3 Å². The van der Waals surface area contributed by atoms with Gasteiger partial charge in [0, 0.05) is 18.0 Å². The van der Waals surface area contributed by atoms with Crippen LogP contribution in [0.25, 0.3) is 11.5 Å². The number of fused-ring (bicyclic) bond motifs is 1. The fraction of sp³-hybridized carbons (Fsp3) is 0.360. The topological polar surface area (TPSA) is 75.8 Å². The first-order valence-electron chi connectivity index (χ1n) is 10.7. The third-order valence-corrected chi connectivity index (χ3v) is 6.08. The molecule has 0 fully saturated rings. The molecule has 2 aromatic carbocycles. The number of likely N-dealkylation sites (N-methyl/N-ethyl adjacent to an activating group) is 1. The maximum atomic E-state index is 12.0. The van der Waals surface area contributed by atoms with Gasteiger partial charge >= 0.3 is 5.97 Å². The molecule has 1 aromatic heterocycles. The van der Waals surface area contributed by atoms with Gasteiger partial charge in [0.15, 0.2) is 0 Å². The Hall–Kier alpha value is -3.12. The number of ether oxygens (including phenoxy) is 1. The van der Waals surface area contributed by atoms with E-state index in [9.17, 15) is 9.90 Å². The molecule has 6 nitrogen and oxygen atoms in total. The summed E-state index contributed by atoms with van der Waals surface area (Å²) in [5.74, 6) is 1.24. The molecule has 0 saturated heterocycles. The predicted molar refractivity (Wildman–Crippen MR) is 118 cm³/mol. The zero-order valence-corrected chi connectivity index (χ0v) is 18.2. The van der Waals surface area contributed by atoms with E-state index in [0.29, 0.717) is 24.7 Å². The van der Waals surface area contributed by atoms with Crippen molar-refractivity contribution >= 4 is 5.97 Å². The van der Waals surface area contributed by atoms with Gasteiger partial charge in [-0.3, -0.25) is 9.69 Å². The Bertz CT molecular complexity index is 1060. The van der Waals surface area contributed by atoms with Crippen LogP contribution in [0.2, 0.25) is 0 Å². The highest BCUT2D eigenvalue weighted by atomic mass is 16.5. The van der Waals surface area contributed by atoms with E-state index in [0.717, 1.165) is 41.0 Å². The number of rotatable bonds is 7. The molecule has 1 aliphatic heterocycles. The van der Waals surface area contributed by atoms with E-state index in [-0.39, 0.29) is 6.04 Å². The van der Waals surface area contributed by atoms with Crippen LogP contribution in [-0.2, 0) is 17.6 Å². The average molecular weight is 421 g/mol. The highest BCUT2D eigenvalue weighted by Gasteiger charge is 2.35. The van der Waals surface area contributed by atoms with E-state index in [4.69, 9.17) is 9.15 Å². The van der Waals surface area contributed by atoms with Gasteiger partial charge in [0.2, 0.25) is 5.89 Å². The second-order valence-corrected chi connectivity index (χ2v) is 8.02. The van der Waals surface area contributed by atoms with Crippen LogP contribution in [0.5, 0.6) is 5.75 Å². The van der Waals surface area contributed by atoms with E-state index in [1.165, 1.54) is 0 Å². The van der Waals surface area contributed by atoms with Gasteiger partial charge in [-0.1, -0.05) is 31.2 Å². The molecule has 0 saturated carbocycles. The minimum atomic E-state index is -0.828. The molecule has 1 aliphatic rings. The zero-order chi connectivity index (χ0) is 22.0. The molecular weight excluding hydrogens is 392 g/mol. The summed E-state index contributed by atoms with van der Waals surface area (Å²) in [6.45, 7) is 4.44. The van der Waals surface area contributed by atoms with Gasteiger partial charge in [0.25, 0.3) is 0 Å². The molecule has 2 atom stereocenters. The lowest BCUT2D eigenvalue weighted by Crippen LogP contribution is -2.43. The molecule has 0 amide bonds. The normalized spacial score (nSPS) is 18.5. The predicted octanol–water partition coefficient (Wildman–Crippen LogP) is 4.66. The smallest absolute Gasteiger partial charge is 0.325 e. The first-order valence-corrected chi connectivity index (χ1v) is 10.7. The van der Waals surface area contributed by atoms with Crippen LogP contribution in [-0.4, -0.2) is 40.7 Å². The molecule has 1 unspecified atom stereocenters. The van der Waals surface area contributed by atoms with Crippen molar-refractivity contribution in [2.24, 2.45) is 0 Å². The minimum Gasteiger partial charge on any atom is -0.493 e. The maximum Gasteiger partial charge on any atom is 0.325 e. The Morgan fingerprint density at radius 2 is 2.03 bits per heavy atom. The maximum absolute atomic E-state index is 12.0. The standard InChI is InChI=1S/C25H28N2O4/c1-4-19-14-18-10-11-20(15-21(18)23(25(28)29)27(19)3)30-13-12-22-16(2)31-24(26-22)17-8-6-5-7-9-17/h5-11,15,19,23H,4,12-14H2,1-3H3,(H,28,29)/t19-,23?/m0/s1. The van der Waals surface area contributed by atoms with Crippen LogP contribution >= 0.6 is 0 Å². The van der Waals surface area contributed by atoms with E-state index in [1.54, 1.807) is 0 Å². The summed E-state index contributed by atoms with van der Waals surface area (Å²) in [7, 11) is 1.89. The molecule has 0 bridgehead atoms. The summed E-state index contributed by atoms with van der Waals surface area (Å²) >= 11 is 0. The van der Waals surface area contributed by atoms with Gasteiger partial charge in [-0.2, -0.15) is 0 Å². The van der Waals surface area contributed by atoms with Gasteiger partial charge in [0.1, 0.15) is 17.6 Å². The average Bonchev–Trinajstić information content (AvgIpc) is 3.14. The van der Waals surface area contributed by atoms with E-state index in [1.807, 2.05) is 67.4 Å². The van der Waals surface area contributed by atoms with Gasteiger partial charge in [-0.05, 0) is 62.2 Å². The lowest BCUT2D eigenvalue weighted by atomic mass is 9.87. The Morgan fingerprint density at radius 3 is 2.74 bits per heavy atom. The number of carboxylic acid groups (broad SMARTS) is 1. The molecule has 0 aliphatic carbocycles. The van der Waals surface area contributed by atoms with Crippen molar-refractivity contribution in [2.45, 2.75) is 45.2 Å². The van der Waals surface area contributed by atoms with Crippen LogP contribution in [0.3, 0.4) is 0 Å². The molecule has 2 heterocycles. The number of carbonyl (C=O) groups is 1. The van der Waals surface area contributed by atoms with Crippen molar-refractivity contribution in [1.29, 1.82) is 0 Å². The van der Waals surface area contributed by atoms with Crippen molar-refractivity contribution in [1.82, 2.24) is 9.88 Å². The number of hydrogen-bond donors (Lipinski definition) is 1.